The Morgan fingerprint density at radius 2 is 2.09 bits per heavy atom. The summed E-state index contributed by atoms with van der Waals surface area (Å²) in [6.07, 6.45) is 3.32. The van der Waals surface area contributed by atoms with Crippen LogP contribution in [0, 0.1) is 0 Å². The number of allylic oxidation sites excluding steroid dienone is 1. The molecule has 0 saturated heterocycles. The van der Waals surface area contributed by atoms with Gasteiger partial charge in [0.2, 0.25) is 5.91 Å². The minimum absolute atomic E-state index is 0.0323. The second-order valence-corrected chi connectivity index (χ2v) is 2.73. The fourth-order valence-electron chi connectivity index (χ4n) is 0.641. The molecule has 2 heteroatoms. The van der Waals surface area contributed by atoms with Crippen LogP contribution in [0.5, 0.6) is 0 Å². The number of rotatable bonds is 3. The molecule has 0 spiro atoms. The Balaban J connectivity index is 4.03. The van der Waals surface area contributed by atoms with E-state index in [0.717, 1.165) is 5.57 Å². The normalized spacial score (nSPS) is 8.64. The summed E-state index contributed by atoms with van der Waals surface area (Å²) in [5.74, 6) is 0.0323. The van der Waals surface area contributed by atoms with Crippen molar-refractivity contribution < 1.29 is 4.79 Å². The van der Waals surface area contributed by atoms with Crippen LogP contribution in [-0.2, 0) is 4.79 Å². The van der Waals surface area contributed by atoms with Crippen molar-refractivity contribution in [2.75, 3.05) is 13.6 Å². The smallest absolute Gasteiger partial charge is 0.246 e. The lowest BCUT2D eigenvalue weighted by molar-refractivity contribution is -0.124. The summed E-state index contributed by atoms with van der Waals surface area (Å²) in [7, 11) is 1.75. The van der Waals surface area contributed by atoms with E-state index in [4.69, 9.17) is 0 Å². The fourth-order valence-corrected chi connectivity index (χ4v) is 0.641. The molecule has 0 aliphatic heterocycles. The van der Waals surface area contributed by atoms with Gasteiger partial charge in [0.1, 0.15) is 0 Å². The number of amides is 1. The van der Waals surface area contributed by atoms with Crippen LogP contribution in [0.25, 0.3) is 0 Å². The fraction of sp³-hybridized carbons (Fsp3) is 0.444. The Hall–Kier alpha value is -1.05. The van der Waals surface area contributed by atoms with E-state index >= 15 is 0 Å². The molecule has 0 heterocycles. The number of carbonyl (C=O) groups is 1. The van der Waals surface area contributed by atoms with E-state index in [2.05, 4.69) is 6.58 Å². The molecule has 0 aliphatic carbocycles. The Morgan fingerprint density at radius 1 is 1.55 bits per heavy atom. The third-order valence-electron chi connectivity index (χ3n) is 1.19. The first-order valence-electron chi connectivity index (χ1n) is 3.59. The van der Waals surface area contributed by atoms with E-state index in [0.29, 0.717) is 6.54 Å². The van der Waals surface area contributed by atoms with E-state index in [-0.39, 0.29) is 5.91 Å². The lowest BCUT2D eigenvalue weighted by Crippen LogP contribution is -2.24. The van der Waals surface area contributed by atoms with Crippen LogP contribution in [0.3, 0.4) is 0 Å². The van der Waals surface area contributed by atoms with Gasteiger partial charge >= 0.3 is 0 Å². The average molecular weight is 153 g/mol. The molecule has 0 radical (unpaired) electrons. The minimum Gasteiger partial charge on any atom is -0.339 e. The van der Waals surface area contributed by atoms with Crippen LogP contribution < -0.4 is 0 Å². The number of likely N-dealkylation sites (N-methyl/N-ethyl adjacent to an activating group) is 1. The predicted molar refractivity (Wildman–Crippen MR) is 47.3 cm³/mol. The quantitative estimate of drug-likeness (QED) is 0.445. The standard InChI is InChI=1S/C9H15NO/c1-5-6-10(4)9(11)7-8(2)3/h5,7H,1,6H2,2-4H3. The molecule has 0 aromatic carbocycles. The third-order valence-corrected chi connectivity index (χ3v) is 1.19. The molecule has 0 aliphatic rings. The van der Waals surface area contributed by atoms with E-state index in [1.165, 1.54) is 0 Å². The molecular formula is C9H15NO. The summed E-state index contributed by atoms with van der Waals surface area (Å²) in [5.41, 5.74) is 1.02. The highest BCUT2D eigenvalue weighted by molar-refractivity contribution is 5.88. The molecule has 1 amide bonds. The van der Waals surface area contributed by atoms with Crippen molar-refractivity contribution in [1.29, 1.82) is 0 Å². The highest BCUT2D eigenvalue weighted by Gasteiger charge is 2.01. The molecule has 0 fully saturated rings. The van der Waals surface area contributed by atoms with Crippen molar-refractivity contribution in [3.63, 3.8) is 0 Å². The van der Waals surface area contributed by atoms with E-state index in [1.807, 2.05) is 13.8 Å². The van der Waals surface area contributed by atoms with Gasteiger partial charge in [0.25, 0.3) is 0 Å². The van der Waals surface area contributed by atoms with Gasteiger partial charge < -0.3 is 4.90 Å². The lowest BCUT2D eigenvalue weighted by atomic mass is 10.3. The first-order chi connectivity index (χ1) is 5.07. The van der Waals surface area contributed by atoms with Gasteiger partial charge in [-0.15, -0.1) is 6.58 Å². The Kier molecular flexibility index (Phi) is 4.27. The molecule has 62 valence electrons. The number of carbonyl (C=O) groups excluding carboxylic acids is 1. The number of hydrogen-bond donors (Lipinski definition) is 0. The maximum atomic E-state index is 11.1. The molecule has 0 aromatic rings. The van der Waals surface area contributed by atoms with Crippen molar-refractivity contribution in [2.45, 2.75) is 13.8 Å². The van der Waals surface area contributed by atoms with Gasteiger partial charge in [0.15, 0.2) is 0 Å². The molecule has 0 unspecified atom stereocenters. The topological polar surface area (TPSA) is 20.3 Å². The molecule has 0 N–H and O–H groups in total. The van der Waals surface area contributed by atoms with E-state index < -0.39 is 0 Å². The van der Waals surface area contributed by atoms with Crippen LogP contribution in [0.4, 0.5) is 0 Å². The lowest BCUT2D eigenvalue weighted by Gasteiger charge is -2.11. The summed E-state index contributed by atoms with van der Waals surface area (Å²) < 4.78 is 0. The maximum Gasteiger partial charge on any atom is 0.246 e. The van der Waals surface area contributed by atoms with Crippen LogP contribution >= 0.6 is 0 Å². The monoisotopic (exact) mass is 153 g/mol. The zero-order chi connectivity index (χ0) is 8.85. The highest BCUT2D eigenvalue weighted by atomic mass is 16.2. The highest BCUT2D eigenvalue weighted by Crippen LogP contribution is 1.92. The third kappa shape index (κ3) is 4.37. The Labute approximate surface area is 68.2 Å². The van der Waals surface area contributed by atoms with Crippen molar-refractivity contribution >= 4 is 5.91 Å². The van der Waals surface area contributed by atoms with Crippen molar-refractivity contribution in [2.24, 2.45) is 0 Å². The zero-order valence-corrected chi connectivity index (χ0v) is 7.42. The second kappa shape index (κ2) is 4.72. The summed E-state index contributed by atoms with van der Waals surface area (Å²) in [6.45, 7) is 7.95. The van der Waals surface area contributed by atoms with Crippen LogP contribution in [0.1, 0.15) is 13.8 Å². The van der Waals surface area contributed by atoms with Gasteiger partial charge in [-0.3, -0.25) is 4.79 Å². The predicted octanol–water partition coefficient (Wildman–Crippen LogP) is 1.60. The zero-order valence-electron chi connectivity index (χ0n) is 7.42. The van der Waals surface area contributed by atoms with E-state index in [1.54, 1.807) is 24.1 Å². The van der Waals surface area contributed by atoms with Gasteiger partial charge in [-0.25, -0.2) is 0 Å². The van der Waals surface area contributed by atoms with Crippen molar-refractivity contribution in [3.8, 4) is 0 Å². The Morgan fingerprint density at radius 3 is 2.45 bits per heavy atom. The molecule has 0 saturated carbocycles. The van der Waals surface area contributed by atoms with Gasteiger partial charge in [-0.1, -0.05) is 11.6 Å². The van der Waals surface area contributed by atoms with Crippen LogP contribution in [0.15, 0.2) is 24.3 Å². The van der Waals surface area contributed by atoms with Crippen molar-refractivity contribution in [1.82, 2.24) is 4.90 Å². The molecule has 0 aromatic heterocycles. The van der Waals surface area contributed by atoms with Crippen LogP contribution in [0.2, 0.25) is 0 Å². The average Bonchev–Trinajstić information content (AvgIpc) is 1.86. The SMILES string of the molecule is C=CCN(C)C(=O)C=C(C)C. The van der Waals surface area contributed by atoms with Gasteiger partial charge in [-0.05, 0) is 13.8 Å². The molecule has 0 rings (SSSR count). The number of hydrogen-bond acceptors (Lipinski definition) is 1. The molecule has 2 nitrogen and oxygen atoms in total. The second-order valence-electron chi connectivity index (χ2n) is 2.73. The summed E-state index contributed by atoms with van der Waals surface area (Å²) in [6, 6.07) is 0. The largest absolute Gasteiger partial charge is 0.339 e. The summed E-state index contributed by atoms with van der Waals surface area (Å²) in [4.78, 5) is 12.8. The molecule has 11 heavy (non-hydrogen) atoms. The first kappa shape index (κ1) is 9.95. The summed E-state index contributed by atoms with van der Waals surface area (Å²) >= 11 is 0. The number of nitrogens with zero attached hydrogens (tertiary/aromatic N) is 1. The maximum absolute atomic E-state index is 11.1. The van der Waals surface area contributed by atoms with Crippen LogP contribution in [-0.4, -0.2) is 24.4 Å². The van der Waals surface area contributed by atoms with Gasteiger partial charge in [0.05, 0.1) is 0 Å². The van der Waals surface area contributed by atoms with E-state index in [9.17, 15) is 4.79 Å². The molecular weight excluding hydrogens is 138 g/mol. The van der Waals surface area contributed by atoms with Crippen molar-refractivity contribution in [3.05, 3.63) is 24.3 Å². The van der Waals surface area contributed by atoms with Gasteiger partial charge in [0, 0.05) is 19.7 Å². The van der Waals surface area contributed by atoms with Gasteiger partial charge in [-0.2, -0.15) is 0 Å². The summed E-state index contributed by atoms with van der Waals surface area (Å²) in [5, 5.41) is 0. The molecule has 0 atom stereocenters. The minimum atomic E-state index is 0.0323. The first-order valence-corrected chi connectivity index (χ1v) is 3.59. The molecule has 0 bridgehead atoms. The Bertz CT molecular complexity index is 178.